The lowest BCUT2D eigenvalue weighted by Crippen LogP contribution is -1.89. The zero-order valence-corrected chi connectivity index (χ0v) is 8.80. The first kappa shape index (κ1) is 9.28. The summed E-state index contributed by atoms with van der Waals surface area (Å²) in [5, 5.41) is 2.50. The molecule has 14 heavy (non-hydrogen) atoms. The van der Waals surface area contributed by atoms with Crippen molar-refractivity contribution in [2.24, 2.45) is 0 Å². The molecule has 2 aromatic rings. The fourth-order valence-corrected chi connectivity index (χ4v) is 1.66. The first-order chi connectivity index (χ1) is 6.70. The topological polar surface area (TPSA) is 22.1 Å². The zero-order valence-electron chi connectivity index (χ0n) is 8.04. The molecule has 72 valence electrons. The van der Waals surface area contributed by atoms with E-state index in [0.29, 0.717) is 11.0 Å². The van der Waals surface area contributed by atoms with Crippen molar-refractivity contribution in [3.63, 3.8) is 0 Å². The highest BCUT2D eigenvalue weighted by Crippen LogP contribution is 2.26. The quantitative estimate of drug-likeness (QED) is 0.670. The van der Waals surface area contributed by atoms with Gasteiger partial charge in [0, 0.05) is 5.39 Å². The molecule has 0 aliphatic carbocycles. The van der Waals surface area contributed by atoms with Crippen molar-refractivity contribution in [2.75, 3.05) is 7.11 Å². The molecular weight excluding hydrogens is 198 g/mol. The van der Waals surface area contributed by atoms with Crippen LogP contribution < -0.4 is 4.74 Å². The summed E-state index contributed by atoms with van der Waals surface area (Å²) < 4.78 is 5.15. The molecule has 2 nitrogen and oxygen atoms in total. The van der Waals surface area contributed by atoms with Gasteiger partial charge in [0.25, 0.3) is 0 Å². The van der Waals surface area contributed by atoms with Crippen LogP contribution in [0.4, 0.5) is 0 Å². The third kappa shape index (κ3) is 1.53. The SMILES string of the molecule is COc1nc(Cl)cc2cc(C)ccc12. The van der Waals surface area contributed by atoms with Crippen LogP contribution in [0.3, 0.4) is 0 Å². The van der Waals surface area contributed by atoms with Crippen LogP contribution in [0.15, 0.2) is 24.3 Å². The molecule has 1 aromatic carbocycles. The summed E-state index contributed by atoms with van der Waals surface area (Å²) in [6.07, 6.45) is 0. The number of aromatic nitrogens is 1. The molecule has 0 spiro atoms. The molecule has 0 N–H and O–H groups in total. The lowest BCUT2D eigenvalue weighted by molar-refractivity contribution is 0.403. The maximum atomic E-state index is 5.86. The highest BCUT2D eigenvalue weighted by molar-refractivity contribution is 6.30. The van der Waals surface area contributed by atoms with Gasteiger partial charge in [-0.1, -0.05) is 29.3 Å². The second kappa shape index (κ2) is 3.46. The maximum absolute atomic E-state index is 5.86. The Morgan fingerprint density at radius 1 is 1.29 bits per heavy atom. The van der Waals surface area contributed by atoms with Crippen molar-refractivity contribution in [1.29, 1.82) is 0 Å². The van der Waals surface area contributed by atoms with Gasteiger partial charge in [-0.05, 0) is 24.4 Å². The molecule has 0 unspecified atom stereocenters. The largest absolute Gasteiger partial charge is 0.481 e. The molecule has 3 heteroatoms. The molecule has 1 heterocycles. The highest BCUT2D eigenvalue weighted by Gasteiger charge is 2.04. The molecular formula is C11H10ClNO. The lowest BCUT2D eigenvalue weighted by Gasteiger charge is -2.05. The van der Waals surface area contributed by atoms with Gasteiger partial charge in [0.2, 0.25) is 5.88 Å². The number of hydrogen-bond donors (Lipinski definition) is 0. The molecule has 0 bridgehead atoms. The Bertz CT molecular complexity index is 477. The van der Waals surface area contributed by atoms with E-state index in [2.05, 4.69) is 11.1 Å². The number of pyridine rings is 1. The van der Waals surface area contributed by atoms with Gasteiger partial charge in [-0.2, -0.15) is 0 Å². The summed E-state index contributed by atoms with van der Waals surface area (Å²) in [5.41, 5.74) is 1.20. The van der Waals surface area contributed by atoms with E-state index in [-0.39, 0.29) is 0 Å². The number of hydrogen-bond acceptors (Lipinski definition) is 2. The van der Waals surface area contributed by atoms with Crippen LogP contribution in [-0.2, 0) is 0 Å². The Morgan fingerprint density at radius 3 is 2.79 bits per heavy atom. The Morgan fingerprint density at radius 2 is 2.07 bits per heavy atom. The molecule has 2 rings (SSSR count). The van der Waals surface area contributed by atoms with Crippen LogP contribution in [0.2, 0.25) is 5.15 Å². The van der Waals surface area contributed by atoms with E-state index in [1.54, 1.807) is 7.11 Å². The number of methoxy groups -OCH3 is 1. The Hall–Kier alpha value is -1.28. The van der Waals surface area contributed by atoms with Crippen molar-refractivity contribution in [3.05, 3.63) is 35.0 Å². The van der Waals surface area contributed by atoms with Gasteiger partial charge in [0.05, 0.1) is 7.11 Å². The van der Waals surface area contributed by atoms with Crippen LogP contribution in [0, 0.1) is 6.92 Å². The summed E-state index contributed by atoms with van der Waals surface area (Å²) in [7, 11) is 1.60. The maximum Gasteiger partial charge on any atom is 0.222 e. The molecule has 0 atom stereocenters. The van der Waals surface area contributed by atoms with Crippen molar-refractivity contribution in [2.45, 2.75) is 6.92 Å². The average molecular weight is 208 g/mol. The standard InChI is InChI=1S/C11H10ClNO/c1-7-3-4-9-8(5-7)6-10(12)13-11(9)14-2/h3-6H,1-2H3. The molecule has 0 radical (unpaired) electrons. The second-order valence-electron chi connectivity index (χ2n) is 3.18. The van der Waals surface area contributed by atoms with E-state index in [9.17, 15) is 0 Å². The molecule has 0 fully saturated rings. The Kier molecular flexibility index (Phi) is 2.30. The summed E-state index contributed by atoms with van der Waals surface area (Å²) in [4.78, 5) is 4.09. The van der Waals surface area contributed by atoms with Crippen molar-refractivity contribution < 1.29 is 4.74 Å². The molecule has 0 amide bonds. The van der Waals surface area contributed by atoms with E-state index in [4.69, 9.17) is 16.3 Å². The van der Waals surface area contributed by atoms with Gasteiger partial charge in [0.1, 0.15) is 5.15 Å². The van der Waals surface area contributed by atoms with E-state index >= 15 is 0 Å². The zero-order chi connectivity index (χ0) is 10.1. The van der Waals surface area contributed by atoms with Gasteiger partial charge in [-0.25, -0.2) is 4.98 Å². The number of rotatable bonds is 1. The number of nitrogens with zero attached hydrogens (tertiary/aromatic N) is 1. The number of fused-ring (bicyclic) bond motifs is 1. The smallest absolute Gasteiger partial charge is 0.222 e. The fraction of sp³-hybridized carbons (Fsp3) is 0.182. The molecule has 0 saturated heterocycles. The van der Waals surface area contributed by atoms with E-state index in [1.165, 1.54) is 5.56 Å². The van der Waals surface area contributed by atoms with Gasteiger partial charge < -0.3 is 4.74 Å². The van der Waals surface area contributed by atoms with Crippen LogP contribution in [-0.4, -0.2) is 12.1 Å². The van der Waals surface area contributed by atoms with Crippen LogP contribution in [0.25, 0.3) is 10.8 Å². The first-order valence-corrected chi connectivity index (χ1v) is 4.69. The van der Waals surface area contributed by atoms with Gasteiger partial charge in [-0.3, -0.25) is 0 Å². The molecule has 0 aliphatic rings. The van der Waals surface area contributed by atoms with Crippen LogP contribution in [0.5, 0.6) is 5.88 Å². The lowest BCUT2D eigenvalue weighted by atomic mass is 10.1. The Labute approximate surface area is 87.5 Å². The van der Waals surface area contributed by atoms with E-state index in [1.807, 2.05) is 25.1 Å². The Balaban J connectivity index is 2.81. The van der Waals surface area contributed by atoms with E-state index < -0.39 is 0 Å². The van der Waals surface area contributed by atoms with Gasteiger partial charge in [0.15, 0.2) is 0 Å². The summed E-state index contributed by atoms with van der Waals surface area (Å²) in [5.74, 6) is 0.576. The van der Waals surface area contributed by atoms with E-state index in [0.717, 1.165) is 10.8 Å². The second-order valence-corrected chi connectivity index (χ2v) is 3.57. The minimum Gasteiger partial charge on any atom is -0.481 e. The van der Waals surface area contributed by atoms with Crippen molar-refractivity contribution in [3.8, 4) is 5.88 Å². The molecule has 1 aromatic heterocycles. The average Bonchev–Trinajstić information content (AvgIpc) is 2.15. The highest BCUT2D eigenvalue weighted by atomic mass is 35.5. The monoisotopic (exact) mass is 207 g/mol. The first-order valence-electron chi connectivity index (χ1n) is 4.31. The van der Waals surface area contributed by atoms with Crippen LogP contribution in [0.1, 0.15) is 5.56 Å². The third-order valence-electron chi connectivity index (χ3n) is 2.11. The predicted molar refractivity (Wildman–Crippen MR) is 58.0 cm³/mol. The summed E-state index contributed by atoms with van der Waals surface area (Å²) >= 11 is 5.86. The van der Waals surface area contributed by atoms with Gasteiger partial charge in [-0.15, -0.1) is 0 Å². The minimum atomic E-state index is 0.458. The van der Waals surface area contributed by atoms with Crippen molar-refractivity contribution >= 4 is 22.4 Å². The summed E-state index contributed by atoms with van der Waals surface area (Å²) in [6.45, 7) is 2.04. The fourth-order valence-electron chi connectivity index (χ4n) is 1.47. The molecule has 0 saturated carbocycles. The van der Waals surface area contributed by atoms with Crippen molar-refractivity contribution in [1.82, 2.24) is 4.98 Å². The molecule has 0 aliphatic heterocycles. The number of aryl methyl sites for hydroxylation is 1. The minimum absolute atomic E-state index is 0.458. The number of halogens is 1. The van der Waals surface area contributed by atoms with Crippen LogP contribution >= 0.6 is 11.6 Å². The third-order valence-corrected chi connectivity index (χ3v) is 2.31. The summed E-state index contributed by atoms with van der Waals surface area (Å²) in [6, 6.07) is 7.92. The van der Waals surface area contributed by atoms with Gasteiger partial charge >= 0.3 is 0 Å². The normalized spacial score (nSPS) is 10.5. The number of benzene rings is 1. The predicted octanol–water partition coefficient (Wildman–Crippen LogP) is 3.21. The number of ether oxygens (including phenoxy) is 1.